The van der Waals surface area contributed by atoms with Crippen molar-refractivity contribution in [1.29, 1.82) is 0 Å². The lowest BCUT2D eigenvalue weighted by Crippen LogP contribution is -1.99. The van der Waals surface area contributed by atoms with Crippen LogP contribution in [0.25, 0.3) is 0 Å². The van der Waals surface area contributed by atoms with Crippen LogP contribution < -0.4 is 0 Å². The van der Waals surface area contributed by atoms with Crippen molar-refractivity contribution in [3.05, 3.63) is 36.6 Å². The molecule has 1 aliphatic rings. The lowest BCUT2D eigenvalue weighted by Gasteiger charge is -2.04. The molecule has 3 heteroatoms. The van der Waals surface area contributed by atoms with Crippen LogP contribution in [-0.4, -0.2) is 17.8 Å². The maximum atomic E-state index is 5.34. The molecule has 0 spiro atoms. The fraction of sp³-hybridized carbons (Fsp3) is 0.222. The molecule has 0 N–H and O–H groups in total. The molecule has 2 nitrogen and oxygen atoms in total. The number of hydrogen-bond acceptors (Lipinski definition) is 2. The van der Waals surface area contributed by atoms with Crippen LogP contribution in [-0.2, 0) is 4.74 Å². The third-order valence-electron chi connectivity index (χ3n) is 1.28. The molecule has 0 aromatic carbocycles. The molecule has 0 aliphatic carbocycles. The molecule has 0 aromatic rings. The second-order valence-electron chi connectivity index (χ2n) is 2.19. The van der Waals surface area contributed by atoms with Gasteiger partial charge in [0.2, 0.25) is 0 Å². The maximum absolute atomic E-state index is 5.34. The third kappa shape index (κ3) is 2.66. The van der Waals surface area contributed by atoms with Gasteiger partial charge in [-0.25, -0.2) is 0 Å². The Balaban J connectivity index is 2.64. The Bertz CT molecular complexity index is 253. The molecule has 1 aliphatic heterocycles. The number of hydrogen-bond donors (Lipinski definition) is 0. The van der Waals surface area contributed by atoms with Crippen molar-refractivity contribution < 1.29 is 4.74 Å². The molecule has 0 atom stereocenters. The van der Waals surface area contributed by atoms with E-state index in [1.807, 2.05) is 18.2 Å². The summed E-state index contributed by atoms with van der Waals surface area (Å²) in [5.74, 6) is 0.753. The van der Waals surface area contributed by atoms with E-state index in [0.717, 1.165) is 10.4 Å². The molecule has 12 heavy (non-hydrogen) atoms. The number of rotatable bonds is 3. The van der Waals surface area contributed by atoms with Crippen LogP contribution in [0.4, 0.5) is 0 Å². The number of aliphatic imine (C=N–C) groups is 1. The molecule has 0 amide bonds. The van der Waals surface area contributed by atoms with E-state index < -0.39 is 0 Å². The first-order chi connectivity index (χ1) is 5.84. The van der Waals surface area contributed by atoms with Gasteiger partial charge in [-0.3, -0.25) is 4.99 Å². The number of halogens is 1. The monoisotopic (exact) mass is 227 g/mol. The summed E-state index contributed by atoms with van der Waals surface area (Å²) < 4.78 is 6.10. The summed E-state index contributed by atoms with van der Waals surface area (Å²) in [5, 5.41) is 0. The van der Waals surface area contributed by atoms with Gasteiger partial charge in [-0.1, -0.05) is 24.8 Å². The van der Waals surface area contributed by atoms with Crippen LogP contribution in [0.15, 0.2) is 41.6 Å². The highest BCUT2D eigenvalue weighted by Crippen LogP contribution is 2.10. The third-order valence-corrected chi connectivity index (χ3v) is 1.92. The highest BCUT2D eigenvalue weighted by Gasteiger charge is 2.03. The van der Waals surface area contributed by atoms with Crippen LogP contribution >= 0.6 is 15.9 Å². The van der Waals surface area contributed by atoms with Crippen LogP contribution in [0.5, 0.6) is 0 Å². The Kier molecular flexibility index (Phi) is 3.80. The summed E-state index contributed by atoms with van der Waals surface area (Å²) in [6, 6.07) is 0. The Morgan fingerprint density at radius 2 is 2.58 bits per heavy atom. The maximum Gasteiger partial charge on any atom is 0.152 e. The van der Waals surface area contributed by atoms with Crippen molar-refractivity contribution in [1.82, 2.24) is 0 Å². The summed E-state index contributed by atoms with van der Waals surface area (Å²) in [4.78, 5) is 4.18. The SMILES string of the molecule is C=CCOC1=CC=CCN=C1Br. The van der Waals surface area contributed by atoms with Gasteiger partial charge < -0.3 is 4.74 Å². The van der Waals surface area contributed by atoms with Crippen LogP contribution in [0, 0.1) is 0 Å². The van der Waals surface area contributed by atoms with Gasteiger partial charge in [0, 0.05) is 0 Å². The molecule has 0 bridgehead atoms. The summed E-state index contributed by atoms with van der Waals surface area (Å²) in [5.41, 5.74) is 0. The van der Waals surface area contributed by atoms with Crippen LogP contribution in [0.3, 0.4) is 0 Å². The molecule has 0 saturated heterocycles. The van der Waals surface area contributed by atoms with Gasteiger partial charge in [-0.05, 0) is 22.0 Å². The van der Waals surface area contributed by atoms with Crippen molar-refractivity contribution in [2.24, 2.45) is 4.99 Å². The minimum absolute atomic E-state index is 0.504. The molecule has 0 aromatic heterocycles. The summed E-state index contributed by atoms with van der Waals surface area (Å²) in [7, 11) is 0. The molecule has 1 rings (SSSR count). The molecule has 0 unspecified atom stereocenters. The molecule has 0 saturated carbocycles. The van der Waals surface area contributed by atoms with Crippen molar-refractivity contribution >= 4 is 20.6 Å². The first kappa shape index (κ1) is 9.26. The van der Waals surface area contributed by atoms with E-state index >= 15 is 0 Å². The standard InChI is InChI=1S/C9H10BrNO/c1-2-7-12-8-5-3-4-6-11-9(8)10/h2-5H,1,6-7H2. The molecule has 1 heterocycles. The first-order valence-corrected chi connectivity index (χ1v) is 4.44. The van der Waals surface area contributed by atoms with Crippen molar-refractivity contribution in [2.75, 3.05) is 13.2 Å². The predicted molar refractivity (Wildman–Crippen MR) is 54.6 cm³/mol. The van der Waals surface area contributed by atoms with Gasteiger partial charge in [-0.2, -0.15) is 0 Å². The molecular formula is C9H10BrNO. The average Bonchev–Trinajstić information content (AvgIpc) is 2.27. The van der Waals surface area contributed by atoms with E-state index in [1.54, 1.807) is 6.08 Å². The van der Waals surface area contributed by atoms with Gasteiger partial charge in [0.15, 0.2) is 5.76 Å². The largest absolute Gasteiger partial charge is 0.487 e. The summed E-state index contributed by atoms with van der Waals surface area (Å²) in [6.07, 6.45) is 7.47. The molecule has 0 radical (unpaired) electrons. The summed E-state index contributed by atoms with van der Waals surface area (Å²) in [6.45, 7) is 4.76. The van der Waals surface area contributed by atoms with E-state index in [2.05, 4.69) is 27.5 Å². The lowest BCUT2D eigenvalue weighted by molar-refractivity contribution is 0.271. The first-order valence-electron chi connectivity index (χ1n) is 3.65. The van der Waals surface area contributed by atoms with Gasteiger partial charge >= 0.3 is 0 Å². The summed E-state index contributed by atoms with van der Waals surface area (Å²) >= 11 is 3.32. The average molecular weight is 228 g/mol. The van der Waals surface area contributed by atoms with Crippen molar-refractivity contribution in [3.8, 4) is 0 Å². The minimum Gasteiger partial charge on any atom is -0.487 e. The smallest absolute Gasteiger partial charge is 0.152 e. The number of ether oxygens (including phenoxy) is 1. The van der Waals surface area contributed by atoms with Crippen molar-refractivity contribution in [3.63, 3.8) is 0 Å². The topological polar surface area (TPSA) is 21.6 Å². The van der Waals surface area contributed by atoms with Gasteiger partial charge in [0.1, 0.15) is 11.2 Å². The second kappa shape index (κ2) is 4.93. The Morgan fingerprint density at radius 3 is 3.33 bits per heavy atom. The Morgan fingerprint density at radius 1 is 1.75 bits per heavy atom. The fourth-order valence-corrected chi connectivity index (χ4v) is 1.14. The second-order valence-corrected chi connectivity index (χ2v) is 2.94. The lowest BCUT2D eigenvalue weighted by atomic mass is 10.4. The molecule has 64 valence electrons. The van der Waals surface area contributed by atoms with Crippen LogP contribution in [0.1, 0.15) is 0 Å². The fourth-order valence-electron chi connectivity index (χ4n) is 0.752. The Hall–Kier alpha value is -0.830. The number of allylic oxidation sites excluding steroid dienone is 3. The van der Waals surface area contributed by atoms with E-state index in [4.69, 9.17) is 4.74 Å². The van der Waals surface area contributed by atoms with E-state index in [9.17, 15) is 0 Å². The van der Waals surface area contributed by atoms with Crippen molar-refractivity contribution in [2.45, 2.75) is 0 Å². The number of nitrogens with zero attached hydrogens (tertiary/aromatic N) is 1. The highest BCUT2D eigenvalue weighted by molar-refractivity contribution is 9.18. The molecule has 0 fully saturated rings. The van der Waals surface area contributed by atoms with Gasteiger partial charge in [0.25, 0.3) is 0 Å². The normalized spacial score (nSPS) is 16.1. The zero-order valence-corrected chi connectivity index (χ0v) is 8.25. The predicted octanol–water partition coefficient (Wildman–Crippen LogP) is 2.44. The Labute approximate surface area is 80.5 Å². The quantitative estimate of drug-likeness (QED) is 0.680. The zero-order chi connectivity index (χ0) is 8.81. The van der Waals surface area contributed by atoms with Crippen LogP contribution in [0.2, 0.25) is 0 Å². The minimum atomic E-state index is 0.504. The van der Waals surface area contributed by atoms with E-state index in [1.165, 1.54) is 0 Å². The van der Waals surface area contributed by atoms with E-state index in [0.29, 0.717) is 13.2 Å². The van der Waals surface area contributed by atoms with Gasteiger partial charge in [0.05, 0.1) is 6.54 Å². The van der Waals surface area contributed by atoms with Gasteiger partial charge in [-0.15, -0.1) is 0 Å². The molecular weight excluding hydrogens is 218 g/mol. The highest BCUT2D eigenvalue weighted by atomic mass is 79.9. The van der Waals surface area contributed by atoms with E-state index in [-0.39, 0.29) is 0 Å². The zero-order valence-electron chi connectivity index (χ0n) is 6.66.